The Morgan fingerprint density at radius 2 is 1.68 bits per heavy atom. The third-order valence-electron chi connectivity index (χ3n) is 3.96. The van der Waals surface area contributed by atoms with Gasteiger partial charge in [-0.25, -0.2) is 0 Å². The summed E-state index contributed by atoms with van der Waals surface area (Å²) in [6.45, 7) is 4.26. The van der Waals surface area contributed by atoms with Crippen LogP contribution in [0, 0.1) is 6.92 Å². The Morgan fingerprint density at radius 3 is 2.21 bits per heavy atom. The van der Waals surface area contributed by atoms with E-state index in [1.807, 2.05) is 18.7 Å². The second kappa shape index (κ2) is 9.13. The topological polar surface area (TPSA) is 38.1 Å². The molecule has 0 aliphatic carbocycles. The number of rotatable bonds is 10. The third-order valence-corrected chi connectivity index (χ3v) is 3.96. The Kier molecular flexibility index (Phi) is 7.80. The van der Waals surface area contributed by atoms with Gasteiger partial charge in [-0.05, 0) is 13.3 Å². The number of aliphatic hydroxyl groups is 1. The molecule has 0 fully saturated rings. The molecule has 0 amide bonds. The maximum Gasteiger partial charge on any atom is 0.0823 e. The van der Waals surface area contributed by atoms with Crippen LogP contribution in [0.15, 0.2) is 6.20 Å². The first kappa shape index (κ1) is 16.2. The third kappa shape index (κ3) is 5.77. The minimum Gasteiger partial charge on any atom is -0.388 e. The Morgan fingerprint density at radius 1 is 1.11 bits per heavy atom. The minimum absolute atomic E-state index is 0.339. The molecule has 1 aromatic heterocycles. The van der Waals surface area contributed by atoms with Crippen molar-refractivity contribution in [3.8, 4) is 0 Å². The van der Waals surface area contributed by atoms with E-state index in [-0.39, 0.29) is 6.10 Å². The fourth-order valence-electron chi connectivity index (χ4n) is 2.47. The molecule has 3 nitrogen and oxygen atoms in total. The van der Waals surface area contributed by atoms with Gasteiger partial charge in [-0.3, -0.25) is 4.68 Å². The summed E-state index contributed by atoms with van der Waals surface area (Å²) < 4.78 is 1.83. The second-order valence-corrected chi connectivity index (χ2v) is 5.59. The lowest BCUT2D eigenvalue weighted by Crippen LogP contribution is -2.00. The first-order valence-corrected chi connectivity index (χ1v) is 7.83. The lowest BCUT2D eigenvalue weighted by atomic mass is 10.0. The number of unbranched alkanes of at least 4 members (excludes halogenated alkanes) is 7. The number of aromatic nitrogens is 2. The van der Waals surface area contributed by atoms with Gasteiger partial charge >= 0.3 is 0 Å². The SMILES string of the molecule is CCCCCCCCCCC(O)c1cnn(C)c1C. The molecule has 1 N–H and O–H groups in total. The highest BCUT2D eigenvalue weighted by atomic mass is 16.3. The molecule has 0 aliphatic heterocycles. The lowest BCUT2D eigenvalue weighted by Gasteiger charge is -2.10. The molecular formula is C16H30N2O. The number of aryl methyl sites for hydroxylation is 1. The van der Waals surface area contributed by atoms with Crippen LogP contribution in [0.5, 0.6) is 0 Å². The van der Waals surface area contributed by atoms with E-state index in [0.717, 1.165) is 24.1 Å². The van der Waals surface area contributed by atoms with E-state index in [1.54, 1.807) is 6.20 Å². The molecule has 1 heterocycles. The van der Waals surface area contributed by atoms with Crippen molar-refractivity contribution in [3.05, 3.63) is 17.5 Å². The van der Waals surface area contributed by atoms with Crippen LogP contribution in [0.2, 0.25) is 0 Å². The van der Waals surface area contributed by atoms with Crippen LogP contribution in [-0.2, 0) is 7.05 Å². The van der Waals surface area contributed by atoms with Crippen LogP contribution in [0.3, 0.4) is 0 Å². The molecule has 1 unspecified atom stereocenters. The van der Waals surface area contributed by atoms with Crippen molar-refractivity contribution in [2.75, 3.05) is 0 Å². The molecule has 3 heteroatoms. The van der Waals surface area contributed by atoms with Crippen LogP contribution >= 0.6 is 0 Å². The van der Waals surface area contributed by atoms with Crippen molar-refractivity contribution in [2.24, 2.45) is 7.05 Å². The summed E-state index contributed by atoms with van der Waals surface area (Å²) in [7, 11) is 1.92. The fraction of sp³-hybridized carbons (Fsp3) is 0.812. The average molecular weight is 266 g/mol. The molecule has 0 saturated carbocycles. The number of hydrogen-bond donors (Lipinski definition) is 1. The number of aliphatic hydroxyl groups excluding tert-OH is 1. The smallest absolute Gasteiger partial charge is 0.0823 e. The predicted octanol–water partition coefficient (Wildman–Crippen LogP) is 4.29. The van der Waals surface area contributed by atoms with Gasteiger partial charge in [0.15, 0.2) is 0 Å². The van der Waals surface area contributed by atoms with Gasteiger partial charge in [-0.1, -0.05) is 58.3 Å². The van der Waals surface area contributed by atoms with Gasteiger partial charge in [0.2, 0.25) is 0 Å². The van der Waals surface area contributed by atoms with E-state index in [1.165, 1.54) is 44.9 Å². The zero-order valence-corrected chi connectivity index (χ0v) is 12.9. The van der Waals surface area contributed by atoms with Crippen molar-refractivity contribution in [3.63, 3.8) is 0 Å². The normalized spacial score (nSPS) is 12.8. The quantitative estimate of drug-likeness (QED) is 0.641. The molecule has 1 rings (SSSR count). The molecule has 0 aromatic carbocycles. The summed E-state index contributed by atoms with van der Waals surface area (Å²) in [5, 5.41) is 14.3. The van der Waals surface area contributed by atoms with E-state index in [9.17, 15) is 5.11 Å². The Bertz CT molecular complexity index is 347. The van der Waals surface area contributed by atoms with Gasteiger partial charge in [0.25, 0.3) is 0 Å². The Balaban J connectivity index is 2.08. The summed E-state index contributed by atoms with van der Waals surface area (Å²) in [5.74, 6) is 0. The molecule has 19 heavy (non-hydrogen) atoms. The molecule has 110 valence electrons. The average Bonchev–Trinajstić information content (AvgIpc) is 2.73. The van der Waals surface area contributed by atoms with Gasteiger partial charge in [0, 0.05) is 18.3 Å². The maximum atomic E-state index is 10.1. The summed E-state index contributed by atoms with van der Waals surface area (Å²) in [5.41, 5.74) is 2.07. The summed E-state index contributed by atoms with van der Waals surface area (Å²) in [4.78, 5) is 0. The zero-order valence-electron chi connectivity index (χ0n) is 12.9. The van der Waals surface area contributed by atoms with Crippen LogP contribution in [0.25, 0.3) is 0 Å². The molecule has 0 bridgehead atoms. The van der Waals surface area contributed by atoms with Crippen molar-refractivity contribution < 1.29 is 5.11 Å². The second-order valence-electron chi connectivity index (χ2n) is 5.59. The van der Waals surface area contributed by atoms with Crippen LogP contribution in [0.4, 0.5) is 0 Å². The molecule has 1 aromatic rings. The van der Waals surface area contributed by atoms with E-state index in [4.69, 9.17) is 0 Å². The first-order valence-electron chi connectivity index (χ1n) is 7.83. The van der Waals surface area contributed by atoms with Crippen LogP contribution in [-0.4, -0.2) is 14.9 Å². The number of hydrogen-bond acceptors (Lipinski definition) is 2. The molecular weight excluding hydrogens is 236 g/mol. The summed E-state index contributed by atoms with van der Waals surface area (Å²) in [6.07, 6.45) is 12.8. The fourth-order valence-corrected chi connectivity index (χ4v) is 2.47. The highest BCUT2D eigenvalue weighted by molar-refractivity contribution is 5.18. The van der Waals surface area contributed by atoms with E-state index in [2.05, 4.69) is 12.0 Å². The van der Waals surface area contributed by atoms with Gasteiger partial charge < -0.3 is 5.11 Å². The predicted molar refractivity (Wildman–Crippen MR) is 80.1 cm³/mol. The monoisotopic (exact) mass is 266 g/mol. The summed E-state index contributed by atoms with van der Waals surface area (Å²) in [6, 6.07) is 0. The highest BCUT2D eigenvalue weighted by Gasteiger charge is 2.13. The van der Waals surface area contributed by atoms with Crippen molar-refractivity contribution in [2.45, 2.75) is 77.7 Å². The van der Waals surface area contributed by atoms with Crippen molar-refractivity contribution in [1.82, 2.24) is 9.78 Å². The molecule has 0 saturated heterocycles. The van der Waals surface area contributed by atoms with E-state index in [0.29, 0.717) is 0 Å². The maximum absolute atomic E-state index is 10.1. The minimum atomic E-state index is -0.339. The first-order chi connectivity index (χ1) is 9.16. The Labute approximate surface area is 118 Å². The number of nitrogens with zero attached hydrogens (tertiary/aromatic N) is 2. The molecule has 0 spiro atoms. The Hall–Kier alpha value is -0.830. The van der Waals surface area contributed by atoms with Crippen LogP contribution < -0.4 is 0 Å². The van der Waals surface area contributed by atoms with Crippen molar-refractivity contribution >= 4 is 0 Å². The standard InChI is InChI=1S/C16H30N2O/c1-4-5-6-7-8-9-10-11-12-16(19)15-13-17-18(3)14(15)2/h13,16,19H,4-12H2,1-3H3. The van der Waals surface area contributed by atoms with Gasteiger partial charge in [-0.15, -0.1) is 0 Å². The zero-order chi connectivity index (χ0) is 14.1. The van der Waals surface area contributed by atoms with Crippen molar-refractivity contribution in [1.29, 1.82) is 0 Å². The molecule has 0 aliphatic rings. The van der Waals surface area contributed by atoms with Gasteiger partial charge in [-0.2, -0.15) is 5.10 Å². The van der Waals surface area contributed by atoms with E-state index < -0.39 is 0 Å². The van der Waals surface area contributed by atoms with Gasteiger partial charge in [0.05, 0.1) is 12.3 Å². The molecule has 1 atom stereocenters. The van der Waals surface area contributed by atoms with E-state index >= 15 is 0 Å². The lowest BCUT2D eigenvalue weighted by molar-refractivity contribution is 0.162. The highest BCUT2D eigenvalue weighted by Crippen LogP contribution is 2.22. The van der Waals surface area contributed by atoms with Crippen LogP contribution in [0.1, 0.15) is 82.1 Å². The molecule has 0 radical (unpaired) electrons. The van der Waals surface area contributed by atoms with Gasteiger partial charge in [0.1, 0.15) is 0 Å². The summed E-state index contributed by atoms with van der Waals surface area (Å²) >= 11 is 0. The largest absolute Gasteiger partial charge is 0.388 e.